The first-order valence-corrected chi connectivity index (χ1v) is 12.5. The summed E-state index contributed by atoms with van der Waals surface area (Å²) in [5, 5.41) is 7.46. The molecule has 0 bridgehead atoms. The predicted molar refractivity (Wildman–Crippen MR) is 144 cm³/mol. The largest absolute Gasteiger partial charge is 0.341 e. The summed E-state index contributed by atoms with van der Waals surface area (Å²) >= 11 is 6.29. The number of piperazine rings is 1. The standard InChI is InChI=1S/C28H30ClN5O/c1-2-34-26-10-6-4-8-23(26)24-17-21(11-12-27(24)34)18-30-31-28(35)20-33-15-13-32(14-16-33)19-22-7-3-5-9-25(22)29/h3-12,17-18H,2,13-16,19-20H2,1H3,(H,31,35)/b30-18+. The molecule has 0 atom stereocenters. The minimum atomic E-state index is -0.0931. The summed E-state index contributed by atoms with van der Waals surface area (Å²) in [6.07, 6.45) is 1.72. The van der Waals surface area contributed by atoms with Crippen molar-refractivity contribution in [2.45, 2.75) is 20.0 Å². The fraction of sp³-hybridized carbons (Fsp3) is 0.286. The molecule has 1 aliphatic heterocycles. The maximum absolute atomic E-state index is 12.4. The van der Waals surface area contributed by atoms with Crippen molar-refractivity contribution < 1.29 is 4.79 Å². The summed E-state index contributed by atoms with van der Waals surface area (Å²) in [5.41, 5.74) is 7.25. The van der Waals surface area contributed by atoms with E-state index in [1.165, 1.54) is 21.8 Å². The number of fused-ring (bicyclic) bond motifs is 3. The van der Waals surface area contributed by atoms with E-state index in [2.05, 4.69) is 74.3 Å². The fourth-order valence-corrected chi connectivity index (χ4v) is 5.08. The highest BCUT2D eigenvalue weighted by Gasteiger charge is 2.19. The van der Waals surface area contributed by atoms with E-state index in [-0.39, 0.29) is 5.91 Å². The number of hydrazone groups is 1. The van der Waals surface area contributed by atoms with E-state index < -0.39 is 0 Å². The summed E-state index contributed by atoms with van der Waals surface area (Å²) in [6, 6.07) is 22.7. The normalized spacial score (nSPS) is 15.4. The second kappa shape index (κ2) is 10.6. The van der Waals surface area contributed by atoms with Crippen LogP contribution < -0.4 is 5.43 Å². The van der Waals surface area contributed by atoms with Crippen molar-refractivity contribution in [3.05, 3.63) is 82.9 Å². The summed E-state index contributed by atoms with van der Waals surface area (Å²) in [6.45, 7) is 7.78. The molecule has 0 radical (unpaired) electrons. The van der Waals surface area contributed by atoms with Gasteiger partial charge in [-0.15, -0.1) is 0 Å². The van der Waals surface area contributed by atoms with Crippen molar-refractivity contribution in [3.63, 3.8) is 0 Å². The lowest BCUT2D eigenvalue weighted by Crippen LogP contribution is -2.48. The van der Waals surface area contributed by atoms with Gasteiger partial charge >= 0.3 is 0 Å². The Hall–Kier alpha value is -3.19. The number of amides is 1. The molecule has 35 heavy (non-hydrogen) atoms. The number of benzene rings is 3. The Labute approximate surface area is 210 Å². The molecule has 0 saturated carbocycles. The zero-order chi connectivity index (χ0) is 24.2. The lowest BCUT2D eigenvalue weighted by atomic mass is 10.1. The minimum Gasteiger partial charge on any atom is -0.341 e. The van der Waals surface area contributed by atoms with Crippen LogP contribution in [-0.2, 0) is 17.9 Å². The molecule has 1 aliphatic rings. The Morgan fingerprint density at radius 3 is 2.46 bits per heavy atom. The van der Waals surface area contributed by atoms with Crippen LogP contribution in [0.25, 0.3) is 21.8 Å². The first-order chi connectivity index (χ1) is 17.1. The van der Waals surface area contributed by atoms with Crippen molar-refractivity contribution >= 4 is 45.5 Å². The van der Waals surface area contributed by atoms with E-state index >= 15 is 0 Å². The molecule has 0 spiro atoms. The number of hydrogen-bond acceptors (Lipinski definition) is 4. The second-order valence-electron chi connectivity index (χ2n) is 8.97. The molecule has 3 aromatic carbocycles. The third-order valence-corrected chi connectivity index (χ3v) is 7.07. The molecule has 1 N–H and O–H groups in total. The Balaban J connectivity index is 1.14. The second-order valence-corrected chi connectivity index (χ2v) is 9.38. The van der Waals surface area contributed by atoms with Crippen molar-refractivity contribution in [2.24, 2.45) is 5.10 Å². The predicted octanol–water partition coefficient (Wildman–Crippen LogP) is 4.74. The van der Waals surface area contributed by atoms with Gasteiger partial charge in [0.15, 0.2) is 0 Å². The maximum atomic E-state index is 12.4. The van der Waals surface area contributed by atoms with Crippen molar-refractivity contribution in [1.29, 1.82) is 0 Å². The molecule has 7 heteroatoms. The Morgan fingerprint density at radius 1 is 0.943 bits per heavy atom. The first-order valence-electron chi connectivity index (χ1n) is 12.1. The molecule has 5 rings (SSSR count). The van der Waals surface area contributed by atoms with Gasteiger partial charge < -0.3 is 4.57 Å². The van der Waals surface area contributed by atoms with Crippen LogP contribution in [0.3, 0.4) is 0 Å². The van der Waals surface area contributed by atoms with Crippen LogP contribution in [-0.4, -0.2) is 59.2 Å². The molecular weight excluding hydrogens is 458 g/mol. The number of halogens is 1. The smallest absolute Gasteiger partial charge is 0.254 e. The quantitative estimate of drug-likeness (QED) is 0.303. The maximum Gasteiger partial charge on any atom is 0.254 e. The van der Waals surface area contributed by atoms with Crippen molar-refractivity contribution in [3.8, 4) is 0 Å². The first kappa shape index (κ1) is 23.5. The molecule has 1 fully saturated rings. The molecule has 180 valence electrons. The number of para-hydroxylation sites is 1. The highest BCUT2D eigenvalue weighted by Crippen LogP contribution is 2.29. The van der Waals surface area contributed by atoms with Crippen molar-refractivity contribution in [1.82, 2.24) is 19.8 Å². The van der Waals surface area contributed by atoms with Crippen molar-refractivity contribution in [2.75, 3.05) is 32.7 Å². The molecule has 1 aromatic heterocycles. The van der Waals surface area contributed by atoms with Gasteiger partial charge in [-0.2, -0.15) is 5.10 Å². The molecule has 2 heterocycles. The van der Waals surface area contributed by atoms with Crippen LogP contribution in [0, 0.1) is 0 Å². The van der Waals surface area contributed by atoms with Gasteiger partial charge in [0, 0.05) is 66.1 Å². The fourth-order valence-electron chi connectivity index (χ4n) is 4.88. The molecular formula is C28H30ClN5O. The van der Waals surface area contributed by atoms with E-state index in [9.17, 15) is 4.79 Å². The van der Waals surface area contributed by atoms with Gasteiger partial charge in [-0.1, -0.05) is 54.1 Å². The Bertz CT molecular complexity index is 1370. The lowest BCUT2D eigenvalue weighted by molar-refractivity contribution is -0.122. The van der Waals surface area contributed by atoms with E-state index in [0.29, 0.717) is 6.54 Å². The van der Waals surface area contributed by atoms with Gasteiger partial charge in [0.05, 0.1) is 12.8 Å². The number of hydrogen-bond donors (Lipinski definition) is 1. The lowest BCUT2D eigenvalue weighted by Gasteiger charge is -2.34. The Kier molecular flexibility index (Phi) is 7.13. The van der Waals surface area contributed by atoms with Crippen LogP contribution in [0.1, 0.15) is 18.1 Å². The third-order valence-electron chi connectivity index (χ3n) is 6.70. The molecule has 0 unspecified atom stereocenters. The number of aryl methyl sites for hydroxylation is 1. The average molecular weight is 488 g/mol. The molecule has 1 amide bonds. The molecule has 6 nitrogen and oxygen atoms in total. The number of nitrogens with one attached hydrogen (secondary N) is 1. The molecule has 4 aromatic rings. The van der Waals surface area contributed by atoms with Crippen LogP contribution in [0.15, 0.2) is 71.8 Å². The van der Waals surface area contributed by atoms with Crippen LogP contribution in [0.5, 0.6) is 0 Å². The number of aromatic nitrogens is 1. The van der Waals surface area contributed by atoms with Gasteiger partial charge in [0.2, 0.25) is 0 Å². The van der Waals surface area contributed by atoms with Gasteiger partial charge in [-0.3, -0.25) is 14.6 Å². The van der Waals surface area contributed by atoms with E-state index in [1.54, 1.807) is 6.21 Å². The molecule has 0 aliphatic carbocycles. The van der Waals surface area contributed by atoms with Crippen LogP contribution in [0.4, 0.5) is 0 Å². The van der Waals surface area contributed by atoms with Gasteiger partial charge in [-0.25, -0.2) is 5.43 Å². The SMILES string of the molecule is CCn1c2ccccc2c2cc(/C=N/NC(=O)CN3CCN(Cc4ccccc4Cl)CC3)ccc21. The van der Waals surface area contributed by atoms with Gasteiger partial charge in [0.25, 0.3) is 5.91 Å². The average Bonchev–Trinajstić information content (AvgIpc) is 3.19. The number of rotatable bonds is 7. The summed E-state index contributed by atoms with van der Waals surface area (Å²) in [7, 11) is 0. The van der Waals surface area contributed by atoms with E-state index in [4.69, 9.17) is 11.6 Å². The summed E-state index contributed by atoms with van der Waals surface area (Å²) in [4.78, 5) is 17.0. The third kappa shape index (κ3) is 5.25. The number of nitrogens with zero attached hydrogens (tertiary/aromatic N) is 4. The summed E-state index contributed by atoms with van der Waals surface area (Å²) < 4.78 is 2.32. The number of carbonyl (C=O) groups is 1. The Morgan fingerprint density at radius 2 is 1.66 bits per heavy atom. The van der Waals surface area contributed by atoms with Crippen LogP contribution in [0.2, 0.25) is 5.02 Å². The van der Waals surface area contributed by atoms with E-state index in [1.807, 2.05) is 24.3 Å². The topological polar surface area (TPSA) is 52.9 Å². The van der Waals surface area contributed by atoms with Gasteiger partial charge in [0.1, 0.15) is 0 Å². The highest BCUT2D eigenvalue weighted by atomic mass is 35.5. The highest BCUT2D eigenvalue weighted by molar-refractivity contribution is 6.31. The minimum absolute atomic E-state index is 0.0931. The van der Waals surface area contributed by atoms with Crippen LogP contribution >= 0.6 is 11.6 Å². The molecule has 1 saturated heterocycles. The summed E-state index contributed by atoms with van der Waals surface area (Å²) in [5.74, 6) is -0.0931. The zero-order valence-corrected chi connectivity index (χ0v) is 20.7. The number of carbonyl (C=O) groups excluding carboxylic acids is 1. The van der Waals surface area contributed by atoms with E-state index in [0.717, 1.165) is 55.4 Å². The van der Waals surface area contributed by atoms with Gasteiger partial charge in [-0.05, 0) is 42.3 Å². The monoisotopic (exact) mass is 487 g/mol. The zero-order valence-electron chi connectivity index (χ0n) is 20.0.